The Morgan fingerprint density at radius 3 is 2.24 bits per heavy atom. The van der Waals surface area contributed by atoms with Crippen molar-refractivity contribution in [1.29, 1.82) is 0 Å². The van der Waals surface area contributed by atoms with Crippen LogP contribution in [0, 0.1) is 0 Å². The van der Waals surface area contributed by atoms with Crippen LogP contribution in [-0.2, 0) is 42.5 Å². The van der Waals surface area contributed by atoms with E-state index in [9.17, 15) is 18.0 Å². The summed E-state index contributed by atoms with van der Waals surface area (Å²) in [6, 6.07) is 24.4. The number of amides is 2. The summed E-state index contributed by atoms with van der Waals surface area (Å²) in [6.07, 6.45) is 4.52. The van der Waals surface area contributed by atoms with Crippen LogP contribution in [0.4, 0.5) is 5.00 Å². The number of rotatable bonds is 7. The molecule has 10 heteroatoms. The van der Waals surface area contributed by atoms with Gasteiger partial charge in [0.05, 0.1) is 10.5 Å². The van der Waals surface area contributed by atoms with E-state index in [2.05, 4.69) is 22.3 Å². The summed E-state index contributed by atoms with van der Waals surface area (Å²) in [6.45, 7) is 4.60. The van der Waals surface area contributed by atoms with Gasteiger partial charge in [0, 0.05) is 56.3 Å². The smallest absolute Gasteiger partial charge is 0.257 e. The van der Waals surface area contributed by atoms with Crippen LogP contribution in [0.1, 0.15) is 67.1 Å². The molecule has 238 valence electrons. The van der Waals surface area contributed by atoms with Crippen LogP contribution >= 0.6 is 11.3 Å². The van der Waals surface area contributed by atoms with E-state index in [1.165, 1.54) is 38.9 Å². The molecule has 1 fully saturated rings. The number of hydrogen-bond donors (Lipinski definition) is 1. The first kappa shape index (κ1) is 30.8. The second-order valence-electron chi connectivity index (χ2n) is 12.3. The molecule has 7 rings (SSSR count). The fourth-order valence-corrected chi connectivity index (χ4v) is 9.48. The number of nitrogens with one attached hydrogen (secondary N) is 1. The molecule has 0 aliphatic carbocycles. The zero-order valence-corrected chi connectivity index (χ0v) is 27.4. The molecule has 0 spiro atoms. The maximum absolute atomic E-state index is 13.9. The van der Waals surface area contributed by atoms with Crippen molar-refractivity contribution in [1.82, 2.24) is 14.1 Å². The minimum atomic E-state index is -3.72. The molecule has 3 aliphatic rings. The van der Waals surface area contributed by atoms with Gasteiger partial charge < -0.3 is 10.2 Å². The number of likely N-dealkylation sites (tertiary alicyclic amines) is 1. The Bertz CT molecular complexity index is 1850. The minimum absolute atomic E-state index is 0.00597. The second-order valence-corrected chi connectivity index (χ2v) is 15.4. The number of nitrogens with zero attached hydrogens (tertiary/aromatic N) is 3. The third-order valence-corrected chi connectivity index (χ3v) is 12.3. The second kappa shape index (κ2) is 13.1. The van der Waals surface area contributed by atoms with Gasteiger partial charge in [0.25, 0.3) is 11.8 Å². The number of anilines is 1. The molecule has 0 saturated carbocycles. The molecule has 0 bridgehead atoms. The Morgan fingerprint density at radius 2 is 1.48 bits per heavy atom. The number of benzene rings is 3. The van der Waals surface area contributed by atoms with E-state index >= 15 is 0 Å². The summed E-state index contributed by atoms with van der Waals surface area (Å²) >= 11 is 1.49. The molecule has 1 saturated heterocycles. The summed E-state index contributed by atoms with van der Waals surface area (Å²) in [5.41, 5.74) is 5.46. The van der Waals surface area contributed by atoms with Crippen molar-refractivity contribution >= 4 is 38.2 Å². The molecule has 4 heterocycles. The van der Waals surface area contributed by atoms with Gasteiger partial charge in [-0.2, -0.15) is 4.31 Å². The average molecular weight is 655 g/mol. The zero-order valence-electron chi connectivity index (χ0n) is 25.8. The van der Waals surface area contributed by atoms with Gasteiger partial charge in [-0.05, 0) is 78.6 Å². The Morgan fingerprint density at radius 1 is 0.761 bits per heavy atom. The van der Waals surface area contributed by atoms with Crippen molar-refractivity contribution in [2.24, 2.45) is 0 Å². The lowest BCUT2D eigenvalue weighted by Gasteiger charge is -2.29. The predicted molar refractivity (Wildman–Crippen MR) is 180 cm³/mol. The highest BCUT2D eigenvalue weighted by Gasteiger charge is 2.32. The Hall–Kier alpha value is -3.83. The molecule has 3 aliphatic heterocycles. The average Bonchev–Trinajstić information content (AvgIpc) is 3.45. The van der Waals surface area contributed by atoms with Gasteiger partial charge in [0.15, 0.2) is 0 Å². The largest absolute Gasteiger partial charge is 0.339 e. The number of carbonyl (C=O) groups is 2. The maximum Gasteiger partial charge on any atom is 0.257 e. The van der Waals surface area contributed by atoms with Gasteiger partial charge >= 0.3 is 0 Å². The summed E-state index contributed by atoms with van der Waals surface area (Å²) in [4.78, 5) is 33.1. The standard InChI is InChI=1S/C36H38N4O4S2/c41-34(28-13-15-30(16-14-28)46(43,44)40-22-17-27-11-5-6-12-29(27)24-40)37-35-33(36(42)39-19-7-2-8-20-39)31-18-21-38(25-32(31)45-35)23-26-9-3-1-4-10-26/h1,3-6,9-16H,2,7-8,17-25H2,(H,37,41). The van der Waals surface area contributed by atoms with Crippen LogP contribution < -0.4 is 5.32 Å². The molecule has 2 amide bonds. The Balaban J connectivity index is 1.11. The van der Waals surface area contributed by atoms with E-state index in [4.69, 9.17) is 0 Å². The molecule has 8 nitrogen and oxygen atoms in total. The molecule has 46 heavy (non-hydrogen) atoms. The number of carbonyl (C=O) groups excluding carboxylic acids is 2. The molecule has 0 unspecified atom stereocenters. The summed E-state index contributed by atoms with van der Waals surface area (Å²) < 4.78 is 28.4. The van der Waals surface area contributed by atoms with Gasteiger partial charge in [-0.15, -0.1) is 11.3 Å². The first-order valence-electron chi connectivity index (χ1n) is 16.1. The van der Waals surface area contributed by atoms with Crippen LogP contribution in [0.25, 0.3) is 0 Å². The van der Waals surface area contributed by atoms with Crippen LogP contribution in [0.2, 0.25) is 0 Å². The molecule has 4 aromatic rings. The van der Waals surface area contributed by atoms with Gasteiger partial charge in [-0.3, -0.25) is 14.5 Å². The Labute approximate surface area is 274 Å². The van der Waals surface area contributed by atoms with Crippen molar-refractivity contribution in [3.05, 3.63) is 117 Å². The summed E-state index contributed by atoms with van der Waals surface area (Å²) in [7, 11) is -3.72. The zero-order chi connectivity index (χ0) is 31.7. The van der Waals surface area contributed by atoms with Crippen molar-refractivity contribution < 1.29 is 18.0 Å². The highest BCUT2D eigenvalue weighted by Crippen LogP contribution is 2.39. The van der Waals surface area contributed by atoms with E-state index < -0.39 is 10.0 Å². The number of sulfonamides is 1. The first-order chi connectivity index (χ1) is 22.4. The van der Waals surface area contributed by atoms with Gasteiger partial charge in [0.1, 0.15) is 5.00 Å². The van der Waals surface area contributed by atoms with Gasteiger partial charge in [-0.25, -0.2) is 8.42 Å². The van der Waals surface area contributed by atoms with Crippen LogP contribution in [0.5, 0.6) is 0 Å². The molecule has 1 aromatic heterocycles. The monoisotopic (exact) mass is 654 g/mol. The first-order valence-corrected chi connectivity index (χ1v) is 18.3. The third-order valence-electron chi connectivity index (χ3n) is 9.32. The lowest BCUT2D eigenvalue weighted by molar-refractivity contribution is 0.0724. The van der Waals surface area contributed by atoms with Crippen LogP contribution in [0.15, 0.2) is 83.8 Å². The van der Waals surface area contributed by atoms with E-state index in [0.29, 0.717) is 35.6 Å². The lowest BCUT2D eigenvalue weighted by Crippen LogP contribution is -2.37. The van der Waals surface area contributed by atoms with Gasteiger partial charge in [0.2, 0.25) is 10.0 Å². The molecule has 1 N–H and O–H groups in total. The van der Waals surface area contributed by atoms with Crippen LogP contribution in [-0.4, -0.2) is 60.5 Å². The quantitative estimate of drug-likeness (QED) is 0.267. The van der Waals surface area contributed by atoms with Crippen molar-refractivity contribution in [2.75, 3.05) is 31.5 Å². The van der Waals surface area contributed by atoms with E-state index in [0.717, 1.165) is 74.4 Å². The number of thiophene rings is 1. The Kier molecular flexibility index (Phi) is 8.78. The molecular formula is C36H38N4O4S2. The number of piperidine rings is 1. The van der Waals surface area contributed by atoms with Crippen molar-refractivity contribution in [3.8, 4) is 0 Å². The van der Waals surface area contributed by atoms with Gasteiger partial charge in [-0.1, -0.05) is 54.6 Å². The number of hydrogen-bond acceptors (Lipinski definition) is 6. The third kappa shape index (κ3) is 6.27. The topological polar surface area (TPSA) is 90.0 Å². The highest BCUT2D eigenvalue weighted by molar-refractivity contribution is 7.89. The molecular weight excluding hydrogens is 617 g/mol. The molecule has 0 atom stereocenters. The predicted octanol–water partition coefficient (Wildman–Crippen LogP) is 5.93. The molecule has 0 radical (unpaired) electrons. The van der Waals surface area contributed by atoms with Crippen LogP contribution in [0.3, 0.4) is 0 Å². The fourth-order valence-electron chi connectivity index (χ4n) is 6.78. The number of fused-ring (bicyclic) bond motifs is 2. The van der Waals surface area contributed by atoms with E-state index in [1.807, 2.05) is 47.4 Å². The van der Waals surface area contributed by atoms with Crippen molar-refractivity contribution in [2.45, 2.75) is 56.6 Å². The summed E-state index contributed by atoms with van der Waals surface area (Å²) in [5, 5.41) is 3.63. The fraction of sp³-hybridized carbons (Fsp3) is 0.333. The van der Waals surface area contributed by atoms with E-state index in [1.54, 1.807) is 12.1 Å². The summed E-state index contributed by atoms with van der Waals surface area (Å²) in [5.74, 6) is -0.364. The normalized spacial score (nSPS) is 17.3. The lowest BCUT2D eigenvalue weighted by atomic mass is 10.00. The van der Waals surface area contributed by atoms with Crippen molar-refractivity contribution in [3.63, 3.8) is 0 Å². The molecule has 3 aromatic carbocycles. The SMILES string of the molecule is O=C(Nc1sc2c(c1C(=O)N1CCCCC1)CCN(Cc1ccccc1)C2)c1ccc(S(=O)(=O)N2CCc3ccccc3C2)cc1. The van der Waals surface area contributed by atoms with E-state index in [-0.39, 0.29) is 16.7 Å². The highest BCUT2D eigenvalue weighted by atomic mass is 32.2. The maximum atomic E-state index is 13.9. The minimum Gasteiger partial charge on any atom is -0.339 e.